The Bertz CT molecular complexity index is 251. The van der Waals surface area contributed by atoms with Crippen molar-refractivity contribution in [2.24, 2.45) is 11.8 Å². The van der Waals surface area contributed by atoms with Crippen molar-refractivity contribution in [3.05, 3.63) is 0 Å². The Labute approximate surface area is 96.4 Å². The van der Waals surface area contributed by atoms with Gasteiger partial charge in [-0.3, -0.25) is 4.79 Å². The van der Waals surface area contributed by atoms with Gasteiger partial charge in [0.1, 0.15) is 0 Å². The van der Waals surface area contributed by atoms with Crippen LogP contribution in [-0.4, -0.2) is 36.4 Å². The molecule has 2 saturated heterocycles. The number of hydrogen-bond acceptors (Lipinski definition) is 3. The zero-order valence-corrected chi connectivity index (χ0v) is 9.87. The molecule has 2 unspecified atom stereocenters. The van der Waals surface area contributed by atoms with Crippen molar-refractivity contribution in [3.63, 3.8) is 0 Å². The minimum absolute atomic E-state index is 0.0555. The fraction of sp³-hybridized carbons (Fsp3) is 0.917. The van der Waals surface area contributed by atoms with Crippen LogP contribution in [0.4, 0.5) is 0 Å². The van der Waals surface area contributed by atoms with Crippen molar-refractivity contribution in [2.45, 2.75) is 38.2 Å². The number of nitrogens with one attached hydrogen (secondary N) is 1. The van der Waals surface area contributed by atoms with Crippen LogP contribution in [0.25, 0.3) is 0 Å². The zero-order chi connectivity index (χ0) is 11.6. The van der Waals surface area contributed by atoms with Gasteiger partial charge < -0.3 is 15.2 Å². The average molecular weight is 227 g/mol. The zero-order valence-electron chi connectivity index (χ0n) is 9.87. The molecule has 0 aromatic rings. The second-order valence-electron chi connectivity index (χ2n) is 5.17. The van der Waals surface area contributed by atoms with E-state index >= 15 is 0 Å². The van der Waals surface area contributed by atoms with Gasteiger partial charge in [0.05, 0.1) is 18.1 Å². The Hall–Kier alpha value is -0.610. The number of carboxylic acids is 1. The van der Waals surface area contributed by atoms with Crippen LogP contribution in [0.3, 0.4) is 0 Å². The third-order valence-electron chi connectivity index (χ3n) is 4.19. The maximum atomic E-state index is 10.9. The molecule has 2 heterocycles. The lowest BCUT2D eigenvalue weighted by molar-refractivity contribution is -0.153. The van der Waals surface area contributed by atoms with E-state index in [2.05, 4.69) is 5.32 Å². The van der Waals surface area contributed by atoms with Gasteiger partial charge in [-0.05, 0) is 44.7 Å². The summed E-state index contributed by atoms with van der Waals surface area (Å²) >= 11 is 0. The van der Waals surface area contributed by atoms with Gasteiger partial charge >= 0.3 is 5.97 Å². The normalized spacial score (nSPS) is 31.2. The summed E-state index contributed by atoms with van der Waals surface area (Å²) in [5.74, 6) is -0.785. The molecule has 0 bridgehead atoms. The third-order valence-corrected chi connectivity index (χ3v) is 4.19. The van der Waals surface area contributed by atoms with Gasteiger partial charge in [0.25, 0.3) is 0 Å². The van der Waals surface area contributed by atoms with Gasteiger partial charge in [0.15, 0.2) is 0 Å². The molecule has 2 aliphatic heterocycles. The van der Waals surface area contributed by atoms with E-state index in [0.717, 1.165) is 38.8 Å². The molecule has 0 saturated carbocycles. The fourth-order valence-corrected chi connectivity index (χ4v) is 2.76. The average Bonchev–Trinajstić information content (AvgIpc) is 2.30. The summed E-state index contributed by atoms with van der Waals surface area (Å²) in [5.41, 5.74) is 0.0555. The molecule has 1 spiro atoms. The van der Waals surface area contributed by atoms with E-state index in [1.165, 1.54) is 0 Å². The predicted octanol–water partition coefficient (Wildman–Crippen LogP) is 1.26. The number of carbonyl (C=O) groups is 1. The number of hydrogen-bond donors (Lipinski definition) is 2. The summed E-state index contributed by atoms with van der Waals surface area (Å²) in [4.78, 5) is 10.9. The van der Waals surface area contributed by atoms with Gasteiger partial charge in [0.2, 0.25) is 0 Å². The van der Waals surface area contributed by atoms with Gasteiger partial charge in [-0.2, -0.15) is 0 Å². The first-order chi connectivity index (χ1) is 7.63. The smallest absolute Gasteiger partial charge is 0.306 e. The molecule has 0 aromatic carbocycles. The fourth-order valence-electron chi connectivity index (χ4n) is 2.76. The second kappa shape index (κ2) is 4.72. The second-order valence-corrected chi connectivity index (χ2v) is 5.17. The highest BCUT2D eigenvalue weighted by Gasteiger charge is 2.39. The van der Waals surface area contributed by atoms with Crippen molar-refractivity contribution in [1.82, 2.24) is 5.32 Å². The molecule has 2 rings (SSSR count). The summed E-state index contributed by atoms with van der Waals surface area (Å²) in [7, 11) is 0. The maximum absolute atomic E-state index is 10.9. The Morgan fingerprint density at radius 2 is 2.12 bits per heavy atom. The van der Waals surface area contributed by atoms with Crippen molar-refractivity contribution < 1.29 is 14.6 Å². The SMILES string of the molecule is CC(C(=O)O)C1CCC2(CCNCC2)OC1. The van der Waals surface area contributed by atoms with Crippen molar-refractivity contribution >= 4 is 5.97 Å². The van der Waals surface area contributed by atoms with Crippen molar-refractivity contribution in [2.75, 3.05) is 19.7 Å². The minimum atomic E-state index is -0.699. The molecule has 2 fully saturated rings. The van der Waals surface area contributed by atoms with Crippen LogP contribution >= 0.6 is 0 Å². The van der Waals surface area contributed by atoms with Gasteiger partial charge in [-0.1, -0.05) is 6.92 Å². The largest absolute Gasteiger partial charge is 0.481 e. The van der Waals surface area contributed by atoms with Crippen LogP contribution in [0.1, 0.15) is 32.6 Å². The van der Waals surface area contributed by atoms with Crippen LogP contribution in [0.2, 0.25) is 0 Å². The molecule has 4 nitrogen and oxygen atoms in total. The summed E-state index contributed by atoms with van der Waals surface area (Å²) in [6.45, 7) is 4.46. The Kier molecular flexibility index (Phi) is 3.50. The molecule has 2 atom stereocenters. The number of rotatable bonds is 2. The van der Waals surface area contributed by atoms with Crippen LogP contribution in [0, 0.1) is 11.8 Å². The van der Waals surface area contributed by atoms with E-state index in [1.807, 2.05) is 0 Å². The van der Waals surface area contributed by atoms with Gasteiger partial charge in [0, 0.05) is 0 Å². The molecule has 0 amide bonds. The lowest BCUT2D eigenvalue weighted by atomic mass is 9.79. The van der Waals surface area contributed by atoms with E-state index < -0.39 is 5.97 Å². The van der Waals surface area contributed by atoms with Gasteiger partial charge in [-0.25, -0.2) is 0 Å². The first-order valence-corrected chi connectivity index (χ1v) is 6.20. The quantitative estimate of drug-likeness (QED) is 0.745. The van der Waals surface area contributed by atoms with E-state index in [4.69, 9.17) is 9.84 Å². The number of aliphatic carboxylic acids is 1. The molecule has 2 aliphatic rings. The molecular formula is C12H21NO3. The van der Waals surface area contributed by atoms with E-state index in [-0.39, 0.29) is 17.4 Å². The van der Waals surface area contributed by atoms with E-state index in [1.54, 1.807) is 6.92 Å². The van der Waals surface area contributed by atoms with E-state index in [0.29, 0.717) is 6.61 Å². The monoisotopic (exact) mass is 227 g/mol. The molecule has 2 N–H and O–H groups in total. The molecule has 0 aliphatic carbocycles. The number of piperidine rings is 1. The Morgan fingerprint density at radius 1 is 1.44 bits per heavy atom. The summed E-state index contributed by atoms with van der Waals surface area (Å²) in [6, 6.07) is 0. The molecule has 0 radical (unpaired) electrons. The van der Waals surface area contributed by atoms with Crippen LogP contribution in [0.15, 0.2) is 0 Å². The Balaban J connectivity index is 1.88. The molecule has 16 heavy (non-hydrogen) atoms. The summed E-state index contributed by atoms with van der Waals surface area (Å²) in [5, 5.41) is 12.3. The van der Waals surface area contributed by atoms with Crippen molar-refractivity contribution in [3.8, 4) is 0 Å². The topological polar surface area (TPSA) is 58.6 Å². The summed E-state index contributed by atoms with van der Waals surface area (Å²) in [6.07, 6.45) is 4.16. The van der Waals surface area contributed by atoms with Crippen molar-refractivity contribution in [1.29, 1.82) is 0 Å². The van der Waals surface area contributed by atoms with E-state index in [9.17, 15) is 4.79 Å². The molecule has 4 heteroatoms. The molecular weight excluding hydrogens is 206 g/mol. The Morgan fingerprint density at radius 3 is 2.62 bits per heavy atom. The lowest BCUT2D eigenvalue weighted by Crippen LogP contribution is -2.48. The predicted molar refractivity (Wildman–Crippen MR) is 60.3 cm³/mol. The molecule has 92 valence electrons. The maximum Gasteiger partial charge on any atom is 0.306 e. The highest BCUT2D eigenvalue weighted by molar-refractivity contribution is 5.69. The van der Waals surface area contributed by atoms with Gasteiger partial charge in [-0.15, -0.1) is 0 Å². The standard InChI is InChI=1S/C12H21NO3/c1-9(11(14)15)10-2-3-12(16-8-10)4-6-13-7-5-12/h9-10,13H,2-8H2,1H3,(H,14,15). The third kappa shape index (κ3) is 2.38. The first kappa shape index (κ1) is 11.9. The number of carboxylic acid groups (broad SMARTS) is 1. The first-order valence-electron chi connectivity index (χ1n) is 6.20. The van der Waals surface area contributed by atoms with Crippen LogP contribution in [-0.2, 0) is 9.53 Å². The van der Waals surface area contributed by atoms with Crippen LogP contribution < -0.4 is 5.32 Å². The molecule has 0 aromatic heterocycles. The highest BCUT2D eigenvalue weighted by atomic mass is 16.5. The summed E-state index contributed by atoms with van der Waals surface area (Å²) < 4.78 is 5.99. The minimum Gasteiger partial charge on any atom is -0.481 e. The lowest BCUT2D eigenvalue weighted by Gasteiger charge is -2.43. The van der Waals surface area contributed by atoms with Crippen LogP contribution in [0.5, 0.6) is 0 Å². The highest BCUT2D eigenvalue weighted by Crippen LogP contribution is 2.37. The number of ether oxygens (including phenoxy) is 1.